The first-order valence-corrected chi connectivity index (χ1v) is 8.39. The maximum absolute atomic E-state index is 6.27. The molecule has 5 heteroatoms. The molecular weight excluding hydrogens is 346 g/mol. The van der Waals surface area contributed by atoms with E-state index in [0.717, 1.165) is 32.6 Å². The lowest BCUT2D eigenvalue weighted by Gasteiger charge is -2.05. The summed E-state index contributed by atoms with van der Waals surface area (Å²) in [6.45, 7) is 2.16. The van der Waals surface area contributed by atoms with Gasteiger partial charge in [0.05, 0.1) is 10.4 Å². The van der Waals surface area contributed by atoms with Gasteiger partial charge in [-0.25, -0.2) is 0 Å². The second-order valence-corrected chi connectivity index (χ2v) is 6.85. The Morgan fingerprint density at radius 2 is 2.00 bits per heavy atom. The number of thiophene rings is 1. The van der Waals surface area contributed by atoms with Crippen LogP contribution in [-0.2, 0) is 13.5 Å². The van der Waals surface area contributed by atoms with Crippen molar-refractivity contribution < 1.29 is 0 Å². The van der Waals surface area contributed by atoms with Crippen molar-refractivity contribution in [1.82, 2.24) is 9.78 Å². The Morgan fingerprint density at radius 3 is 2.67 bits per heavy atom. The first-order chi connectivity index (χ1) is 10.1. The lowest BCUT2D eigenvalue weighted by molar-refractivity contribution is 0.783. The number of anilines is 1. The van der Waals surface area contributed by atoms with Crippen molar-refractivity contribution in [2.24, 2.45) is 7.05 Å². The van der Waals surface area contributed by atoms with Gasteiger partial charge >= 0.3 is 0 Å². The molecule has 0 unspecified atom stereocenters. The van der Waals surface area contributed by atoms with Crippen LogP contribution in [0.2, 0.25) is 0 Å². The van der Waals surface area contributed by atoms with E-state index < -0.39 is 0 Å². The van der Waals surface area contributed by atoms with Gasteiger partial charge < -0.3 is 5.73 Å². The molecule has 1 aromatic carbocycles. The summed E-state index contributed by atoms with van der Waals surface area (Å²) in [4.78, 5) is 2.51. The van der Waals surface area contributed by atoms with Crippen molar-refractivity contribution in [2.45, 2.75) is 13.3 Å². The molecule has 3 nitrogen and oxygen atoms in total. The average molecular weight is 362 g/mol. The fraction of sp³-hybridized carbons (Fsp3) is 0.188. The molecule has 0 fully saturated rings. The topological polar surface area (TPSA) is 43.8 Å². The van der Waals surface area contributed by atoms with Crippen LogP contribution in [0.25, 0.3) is 21.7 Å². The van der Waals surface area contributed by atoms with E-state index in [1.807, 2.05) is 25.2 Å². The number of aromatic nitrogens is 2. The van der Waals surface area contributed by atoms with Gasteiger partial charge in [-0.1, -0.05) is 41.1 Å². The number of halogens is 1. The third kappa shape index (κ3) is 2.51. The zero-order valence-electron chi connectivity index (χ0n) is 11.9. The van der Waals surface area contributed by atoms with Crippen LogP contribution in [0.1, 0.15) is 11.8 Å². The third-order valence-electron chi connectivity index (χ3n) is 3.48. The van der Waals surface area contributed by atoms with Crippen molar-refractivity contribution in [3.63, 3.8) is 0 Å². The second-order valence-electron chi connectivity index (χ2n) is 4.83. The fourth-order valence-electron chi connectivity index (χ4n) is 2.33. The molecule has 2 heterocycles. The summed E-state index contributed by atoms with van der Waals surface area (Å²) in [5.41, 5.74) is 9.28. The van der Waals surface area contributed by atoms with Crippen molar-refractivity contribution >= 4 is 33.1 Å². The van der Waals surface area contributed by atoms with Gasteiger partial charge in [0.25, 0.3) is 0 Å². The normalized spacial score (nSPS) is 11.0. The number of nitrogens with zero attached hydrogens (tertiary/aromatic N) is 2. The van der Waals surface area contributed by atoms with Gasteiger partial charge in [0.15, 0.2) is 0 Å². The summed E-state index contributed by atoms with van der Waals surface area (Å²) in [7, 11) is 1.88. The summed E-state index contributed by atoms with van der Waals surface area (Å²) in [6.07, 6.45) is 1.04. The highest BCUT2D eigenvalue weighted by Crippen LogP contribution is 2.41. The molecule has 0 aliphatic carbocycles. The summed E-state index contributed by atoms with van der Waals surface area (Å²) in [5, 5.41) is 4.63. The Balaban J connectivity index is 2.23. The van der Waals surface area contributed by atoms with E-state index in [1.54, 1.807) is 16.0 Å². The predicted octanol–water partition coefficient (Wildman–Crippen LogP) is 4.72. The van der Waals surface area contributed by atoms with E-state index in [4.69, 9.17) is 5.73 Å². The third-order valence-corrected chi connectivity index (χ3v) is 5.41. The van der Waals surface area contributed by atoms with Gasteiger partial charge in [-0.15, -0.1) is 11.3 Å². The number of hydrogen-bond donors (Lipinski definition) is 1. The maximum atomic E-state index is 6.27. The van der Waals surface area contributed by atoms with E-state index >= 15 is 0 Å². The van der Waals surface area contributed by atoms with Crippen molar-refractivity contribution in [1.29, 1.82) is 0 Å². The Hall–Kier alpha value is -1.59. The molecule has 2 N–H and O–H groups in total. The van der Waals surface area contributed by atoms with Gasteiger partial charge in [-0.05, 0) is 24.6 Å². The van der Waals surface area contributed by atoms with Crippen LogP contribution in [0.5, 0.6) is 0 Å². The van der Waals surface area contributed by atoms with Crippen LogP contribution in [0.15, 0.2) is 40.9 Å². The predicted molar refractivity (Wildman–Crippen MR) is 93.4 cm³/mol. The number of hydrogen-bond acceptors (Lipinski definition) is 3. The second kappa shape index (κ2) is 5.66. The lowest BCUT2D eigenvalue weighted by Crippen LogP contribution is -1.98. The highest BCUT2D eigenvalue weighted by molar-refractivity contribution is 9.10. The summed E-state index contributed by atoms with van der Waals surface area (Å²) < 4.78 is 2.77. The molecule has 0 radical (unpaired) electrons. The van der Waals surface area contributed by atoms with Crippen LogP contribution in [-0.4, -0.2) is 9.78 Å². The molecule has 0 bridgehead atoms. The quantitative estimate of drug-likeness (QED) is 0.733. The molecule has 0 spiro atoms. The van der Waals surface area contributed by atoms with Crippen molar-refractivity contribution in [2.75, 3.05) is 5.73 Å². The van der Waals surface area contributed by atoms with Crippen LogP contribution in [0.3, 0.4) is 0 Å². The number of benzene rings is 1. The van der Waals surface area contributed by atoms with E-state index in [-0.39, 0.29) is 0 Å². The molecule has 3 aromatic rings. The summed E-state index contributed by atoms with van der Waals surface area (Å²) in [6, 6.07) is 12.4. The first kappa shape index (κ1) is 14.4. The van der Waals surface area contributed by atoms with Crippen molar-refractivity contribution in [3.05, 3.63) is 45.7 Å². The molecule has 0 aliphatic heterocycles. The van der Waals surface area contributed by atoms with E-state index in [9.17, 15) is 0 Å². The number of nitrogen functional groups attached to an aromatic ring is 1. The molecule has 108 valence electrons. The van der Waals surface area contributed by atoms with Gasteiger partial charge in [-0.3, -0.25) is 4.68 Å². The zero-order valence-corrected chi connectivity index (χ0v) is 14.3. The molecule has 0 saturated heterocycles. The van der Waals surface area contributed by atoms with Gasteiger partial charge in [0.1, 0.15) is 11.5 Å². The molecular formula is C16H16BrN3S. The minimum absolute atomic E-state index is 0.684. The van der Waals surface area contributed by atoms with Crippen LogP contribution in [0.4, 0.5) is 5.82 Å². The van der Waals surface area contributed by atoms with Crippen molar-refractivity contribution in [3.8, 4) is 21.7 Å². The molecule has 2 aromatic heterocycles. The molecule has 0 saturated carbocycles. The summed E-state index contributed by atoms with van der Waals surface area (Å²) in [5.74, 6) is 0.684. The lowest BCUT2D eigenvalue weighted by atomic mass is 10.0. The van der Waals surface area contributed by atoms with Crippen LogP contribution < -0.4 is 5.73 Å². The van der Waals surface area contributed by atoms with E-state index in [1.165, 1.54) is 4.88 Å². The molecule has 0 aliphatic rings. The standard InChI is InChI=1S/C16H16BrN3S/c1-3-10-8-9-13(21-10)15-14(16(18)20(2)19-15)11-6-4-5-7-12(11)17/h4-9H,3,18H2,1-2H3. The minimum atomic E-state index is 0.684. The molecule has 0 amide bonds. The largest absolute Gasteiger partial charge is 0.383 e. The van der Waals surface area contributed by atoms with E-state index in [0.29, 0.717) is 5.82 Å². The van der Waals surface area contributed by atoms with Gasteiger partial charge in [-0.2, -0.15) is 5.10 Å². The summed E-state index contributed by atoms with van der Waals surface area (Å²) >= 11 is 5.39. The van der Waals surface area contributed by atoms with E-state index in [2.05, 4.69) is 46.2 Å². The first-order valence-electron chi connectivity index (χ1n) is 6.78. The Bertz CT molecular complexity index is 789. The highest BCUT2D eigenvalue weighted by Gasteiger charge is 2.20. The molecule has 3 rings (SSSR count). The average Bonchev–Trinajstić information content (AvgIpc) is 3.06. The monoisotopic (exact) mass is 361 g/mol. The SMILES string of the molecule is CCc1ccc(-c2nn(C)c(N)c2-c2ccccc2Br)s1. The smallest absolute Gasteiger partial charge is 0.129 e. The molecule has 21 heavy (non-hydrogen) atoms. The number of aryl methyl sites for hydroxylation is 2. The molecule has 0 atom stereocenters. The Kier molecular flexibility index (Phi) is 3.87. The maximum Gasteiger partial charge on any atom is 0.129 e. The number of rotatable bonds is 3. The Labute approximate surface area is 136 Å². The van der Waals surface area contributed by atoms with Gasteiger partial charge in [0.2, 0.25) is 0 Å². The van der Waals surface area contributed by atoms with Crippen LogP contribution in [0, 0.1) is 0 Å². The zero-order chi connectivity index (χ0) is 15.0. The minimum Gasteiger partial charge on any atom is -0.383 e. The number of nitrogens with two attached hydrogens (primary N) is 1. The fourth-order valence-corrected chi connectivity index (χ4v) is 3.76. The van der Waals surface area contributed by atoms with Crippen LogP contribution >= 0.6 is 27.3 Å². The van der Waals surface area contributed by atoms with Gasteiger partial charge in [0, 0.05) is 22.0 Å². The highest BCUT2D eigenvalue weighted by atomic mass is 79.9. The Morgan fingerprint density at radius 1 is 1.24 bits per heavy atom.